The molecular weight excluding hydrogens is 346 g/mol. The van der Waals surface area contributed by atoms with Crippen LogP contribution in [0, 0.1) is 24.0 Å². The number of benzene rings is 2. The van der Waals surface area contributed by atoms with Crippen LogP contribution in [0.15, 0.2) is 53.6 Å². The summed E-state index contributed by atoms with van der Waals surface area (Å²) in [4.78, 5) is 22.6. The molecule has 0 aliphatic rings. The maximum atomic E-state index is 12.2. The zero-order valence-corrected chi connectivity index (χ0v) is 14.8. The van der Waals surface area contributed by atoms with Gasteiger partial charge in [0.1, 0.15) is 5.69 Å². The zero-order valence-electron chi connectivity index (χ0n) is 14.8. The number of nitrogens with one attached hydrogen (secondary N) is 2. The maximum Gasteiger partial charge on any atom is 0.289 e. The molecular formula is C19H17N5O3. The summed E-state index contributed by atoms with van der Waals surface area (Å²) in [6.07, 6.45) is 1.23. The average molecular weight is 363 g/mol. The van der Waals surface area contributed by atoms with Crippen molar-refractivity contribution in [3.8, 4) is 11.3 Å². The third-order valence-electron chi connectivity index (χ3n) is 4.13. The van der Waals surface area contributed by atoms with Crippen molar-refractivity contribution in [2.24, 2.45) is 5.10 Å². The normalized spacial score (nSPS) is 10.9. The van der Waals surface area contributed by atoms with Crippen LogP contribution in [0.5, 0.6) is 0 Å². The predicted octanol–water partition coefficient (Wildman–Crippen LogP) is 3.37. The number of carbonyl (C=O) groups excluding carboxylic acids is 1. The second-order valence-electron chi connectivity index (χ2n) is 5.98. The van der Waals surface area contributed by atoms with E-state index in [0.717, 1.165) is 11.1 Å². The summed E-state index contributed by atoms with van der Waals surface area (Å²) in [5, 5.41) is 21.6. The first-order valence-corrected chi connectivity index (χ1v) is 8.15. The molecule has 2 N–H and O–H groups in total. The Morgan fingerprint density at radius 2 is 1.96 bits per heavy atom. The van der Waals surface area contributed by atoms with Crippen molar-refractivity contribution >= 4 is 17.8 Å². The SMILES string of the molecule is Cc1ccc(-c2cc(C(=O)N/N=C/c3ccccc3[N+](=O)[O-])[nH]n2)cc1C. The molecule has 0 spiro atoms. The van der Waals surface area contributed by atoms with E-state index in [-0.39, 0.29) is 11.4 Å². The van der Waals surface area contributed by atoms with Crippen LogP contribution < -0.4 is 5.43 Å². The van der Waals surface area contributed by atoms with E-state index in [9.17, 15) is 14.9 Å². The second-order valence-corrected chi connectivity index (χ2v) is 5.98. The van der Waals surface area contributed by atoms with Crippen LogP contribution in [0.2, 0.25) is 0 Å². The van der Waals surface area contributed by atoms with Gasteiger partial charge in [-0.1, -0.05) is 24.3 Å². The Balaban J connectivity index is 1.71. The molecule has 3 aromatic rings. The Morgan fingerprint density at radius 3 is 2.70 bits per heavy atom. The molecule has 0 radical (unpaired) electrons. The number of hydrogen-bond donors (Lipinski definition) is 2. The Labute approximate surface area is 155 Å². The highest BCUT2D eigenvalue weighted by Gasteiger charge is 2.12. The molecule has 1 amide bonds. The van der Waals surface area contributed by atoms with E-state index in [2.05, 4.69) is 20.7 Å². The van der Waals surface area contributed by atoms with Crippen molar-refractivity contribution in [3.05, 3.63) is 81.0 Å². The van der Waals surface area contributed by atoms with E-state index in [1.807, 2.05) is 32.0 Å². The summed E-state index contributed by atoms with van der Waals surface area (Å²) < 4.78 is 0. The van der Waals surface area contributed by atoms with Gasteiger partial charge < -0.3 is 0 Å². The molecule has 0 bridgehead atoms. The average Bonchev–Trinajstić information content (AvgIpc) is 3.14. The van der Waals surface area contributed by atoms with Gasteiger partial charge in [-0.05, 0) is 43.2 Å². The van der Waals surface area contributed by atoms with Gasteiger partial charge in [-0.15, -0.1) is 0 Å². The molecule has 0 saturated heterocycles. The van der Waals surface area contributed by atoms with E-state index < -0.39 is 10.8 Å². The molecule has 2 aromatic carbocycles. The molecule has 0 aliphatic carbocycles. The molecule has 27 heavy (non-hydrogen) atoms. The predicted molar refractivity (Wildman–Crippen MR) is 102 cm³/mol. The molecule has 0 atom stereocenters. The minimum absolute atomic E-state index is 0.0888. The highest BCUT2D eigenvalue weighted by Crippen LogP contribution is 2.21. The van der Waals surface area contributed by atoms with Crippen molar-refractivity contribution in [2.45, 2.75) is 13.8 Å². The van der Waals surface area contributed by atoms with Gasteiger partial charge in [-0.25, -0.2) is 5.43 Å². The fourth-order valence-electron chi connectivity index (χ4n) is 2.47. The van der Waals surface area contributed by atoms with E-state index in [4.69, 9.17) is 0 Å². The van der Waals surface area contributed by atoms with Crippen LogP contribution in [0.4, 0.5) is 5.69 Å². The van der Waals surface area contributed by atoms with Crippen LogP contribution in [-0.2, 0) is 0 Å². The molecule has 8 heteroatoms. The van der Waals surface area contributed by atoms with Gasteiger partial charge >= 0.3 is 0 Å². The number of H-pyrrole nitrogens is 1. The van der Waals surface area contributed by atoms with Gasteiger partial charge in [-0.2, -0.15) is 10.2 Å². The number of nitro groups is 1. The second kappa shape index (κ2) is 7.61. The fraction of sp³-hybridized carbons (Fsp3) is 0.105. The van der Waals surface area contributed by atoms with Crippen LogP contribution in [0.25, 0.3) is 11.3 Å². The first-order valence-electron chi connectivity index (χ1n) is 8.15. The first kappa shape index (κ1) is 18.0. The standard InChI is InChI=1S/C19H17N5O3/c1-12-7-8-14(9-13(12)2)16-10-17(22-21-16)19(25)23-20-11-15-5-3-4-6-18(15)24(26)27/h3-11H,1-2H3,(H,21,22)(H,23,25)/b20-11+. The molecule has 3 rings (SSSR count). The van der Waals surface area contributed by atoms with Crippen molar-refractivity contribution in [1.29, 1.82) is 0 Å². The Kier molecular flexibility index (Phi) is 5.07. The quantitative estimate of drug-likeness (QED) is 0.411. The lowest BCUT2D eigenvalue weighted by molar-refractivity contribution is -0.385. The lowest BCUT2D eigenvalue weighted by Gasteiger charge is -2.01. The largest absolute Gasteiger partial charge is 0.289 e. The molecule has 1 heterocycles. The number of nitro benzene ring substituents is 1. The molecule has 8 nitrogen and oxygen atoms in total. The zero-order chi connectivity index (χ0) is 19.4. The van der Waals surface area contributed by atoms with Crippen molar-refractivity contribution in [2.75, 3.05) is 0 Å². The highest BCUT2D eigenvalue weighted by molar-refractivity contribution is 5.94. The number of rotatable bonds is 5. The van der Waals surface area contributed by atoms with Crippen molar-refractivity contribution < 1.29 is 9.72 Å². The van der Waals surface area contributed by atoms with Crippen LogP contribution >= 0.6 is 0 Å². The van der Waals surface area contributed by atoms with Crippen LogP contribution in [0.1, 0.15) is 27.2 Å². The highest BCUT2D eigenvalue weighted by atomic mass is 16.6. The first-order chi connectivity index (χ1) is 13.0. The number of para-hydroxylation sites is 1. The minimum atomic E-state index is -0.506. The van der Waals surface area contributed by atoms with E-state index in [0.29, 0.717) is 11.3 Å². The lowest BCUT2D eigenvalue weighted by atomic mass is 10.0. The van der Waals surface area contributed by atoms with E-state index in [1.165, 1.54) is 17.8 Å². The van der Waals surface area contributed by atoms with Gasteiger partial charge in [0.05, 0.1) is 22.4 Å². The monoisotopic (exact) mass is 363 g/mol. The number of hydrogen-bond acceptors (Lipinski definition) is 5. The number of carbonyl (C=O) groups is 1. The van der Waals surface area contributed by atoms with Crippen LogP contribution in [-0.4, -0.2) is 27.2 Å². The smallest absolute Gasteiger partial charge is 0.272 e. The summed E-state index contributed by atoms with van der Waals surface area (Å²) in [5.41, 5.74) is 6.64. The van der Waals surface area contributed by atoms with Gasteiger partial charge in [0.25, 0.3) is 11.6 Å². The number of aromatic amines is 1. The Hall–Kier alpha value is -3.81. The van der Waals surface area contributed by atoms with Crippen LogP contribution in [0.3, 0.4) is 0 Å². The summed E-state index contributed by atoms with van der Waals surface area (Å²) in [6, 6.07) is 13.7. The summed E-state index contributed by atoms with van der Waals surface area (Å²) in [7, 11) is 0. The number of amides is 1. The van der Waals surface area contributed by atoms with Crippen molar-refractivity contribution in [1.82, 2.24) is 15.6 Å². The molecule has 0 saturated carbocycles. The fourth-order valence-corrected chi connectivity index (χ4v) is 2.47. The molecule has 1 aromatic heterocycles. The number of nitrogens with zero attached hydrogens (tertiary/aromatic N) is 3. The van der Waals surface area contributed by atoms with Gasteiger partial charge in [0, 0.05) is 11.6 Å². The van der Waals surface area contributed by atoms with Gasteiger partial charge in [0.2, 0.25) is 0 Å². The summed E-state index contributed by atoms with van der Waals surface area (Å²) in [5.74, 6) is -0.493. The Bertz CT molecular complexity index is 1040. The summed E-state index contributed by atoms with van der Waals surface area (Å²) >= 11 is 0. The maximum absolute atomic E-state index is 12.2. The Morgan fingerprint density at radius 1 is 1.19 bits per heavy atom. The third-order valence-corrected chi connectivity index (χ3v) is 4.13. The summed E-state index contributed by atoms with van der Waals surface area (Å²) in [6.45, 7) is 4.04. The minimum Gasteiger partial charge on any atom is -0.272 e. The van der Waals surface area contributed by atoms with Gasteiger partial charge in [0.15, 0.2) is 0 Å². The van der Waals surface area contributed by atoms with Gasteiger partial charge in [-0.3, -0.25) is 20.0 Å². The van der Waals surface area contributed by atoms with E-state index >= 15 is 0 Å². The van der Waals surface area contributed by atoms with E-state index in [1.54, 1.807) is 24.3 Å². The lowest BCUT2D eigenvalue weighted by Crippen LogP contribution is -2.18. The molecule has 0 aliphatic heterocycles. The third kappa shape index (κ3) is 4.06. The number of hydrazone groups is 1. The molecule has 136 valence electrons. The molecule has 0 fully saturated rings. The molecule has 0 unspecified atom stereocenters. The number of aryl methyl sites for hydroxylation is 2. The van der Waals surface area contributed by atoms with Crippen molar-refractivity contribution in [3.63, 3.8) is 0 Å². The topological polar surface area (TPSA) is 113 Å². The number of aromatic nitrogens is 2.